The van der Waals surface area contributed by atoms with Gasteiger partial charge >= 0.3 is 0 Å². The molecular weight excluding hydrogens is 332 g/mol. The molecule has 0 saturated carbocycles. The second-order valence-corrected chi connectivity index (χ2v) is 7.33. The van der Waals surface area contributed by atoms with Gasteiger partial charge in [-0.15, -0.1) is 0 Å². The molecular formula is C12H21BrN2O3S. The zero-order valence-corrected chi connectivity index (χ0v) is 14.1. The Morgan fingerprint density at radius 3 is 2.63 bits per heavy atom. The van der Waals surface area contributed by atoms with E-state index < -0.39 is 10.0 Å². The molecule has 19 heavy (non-hydrogen) atoms. The van der Waals surface area contributed by atoms with Crippen LogP contribution in [0.3, 0.4) is 0 Å². The molecule has 1 rings (SSSR count). The van der Waals surface area contributed by atoms with Gasteiger partial charge in [-0.05, 0) is 42.7 Å². The van der Waals surface area contributed by atoms with Gasteiger partial charge in [0.05, 0.1) is 6.54 Å². The first-order chi connectivity index (χ1) is 8.80. The predicted molar refractivity (Wildman–Crippen MR) is 78.5 cm³/mol. The van der Waals surface area contributed by atoms with Crippen LogP contribution in [-0.2, 0) is 16.6 Å². The number of halogens is 1. The molecule has 110 valence electrons. The number of hydrogen-bond acceptors (Lipinski definition) is 4. The van der Waals surface area contributed by atoms with Crippen molar-refractivity contribution in [3.8, 4) is 0 Å². The fraction of sp³-hybridized carbons (Fsp3) is 0.667. The van der Waals surface area contributed by atoms with Crippen molar-refractivity contribution in [2.45, 2.75) is 44.7 Å². The highest BCUT2D eigenvalue weighted by atomic mass is 79.9. The third kappa shape index (κ3) is 4.05. The minimum absolute atomic E-state index is 0.103. The summed E-state index contributed by atoms with van der Waals surface area (Å²) in [5.74, 6) is 0.607. The molecule has 0 atom stereocenters. The molecule has 0 fully saturated rings. The molecule has 0 bridgehead atoms. The van der Waals surface area contributed by atoms with Crippen molar-refractivity contribution >= 4 is 26.0 Å². The molecule has 1 aromatic rings. The van der Waals surface area contributed by atoms with Crippen LogP contribution in [0.15, 0.2) is 20.0 Å². The number of nitrogens with one attached hydrogen (secondary N) is 1. The normalized spacial score (nSPS) is 12.6. The lowest BCUT2D eigenvalue weighted by Gasteiger charge is -2.19. The summed E-state index contributed by atoms with van der Waals surface area (Å²) < 4.78 is 31.7. The van der Waals surface area contributed by atoms with Crippen molar-refractivity contribution in [2.75, 3.05) is 13.6 Å². The van der Waals surface area contributed by atoms with Crippen LogP contribution in [0.25, 0.3) is 0 Å². The molecule has 0 aromatic carbocycles. The Morgan fingerprint density at radius 2 is 2.11 bits per heavy atom. The molecule has 1 heterocycles. The fourth-order valence-corrected chi connectivity index (χ4v) is 3.81. The minimum atomic E-state index is -3.51. The van der Waals surface area contributed by atoms with Gasteiger partial charge in [0.25, 0.3) is 0 Å². The van der Waals surface area contributed by atoms with Gasteiger partial charge in [-0.3, -0.25) is 0 Å². The summed E-state index contributed by atoms with van der Waals surface area (Å²) in [4.78, 5) is 0.178. The maximum Gasteiger partial charge on any atom is 0.247 e. The van der Waals surface area contributed by atoms with E-state index in [4.69, 9.17) is 4.42 Å². The molecule has 0 aliphatic carbocycles. The molecule has 7 heteroatoms. The Hall–Kier alpha value is -0.370. The van der Waals surface area contributed by atoms with Crippen LogP contribution in [0.5, 0.6) is 0 Å². The highest BCUT2D eigenvalue weighted by Crippen LogP contribution is 2.28. The average molecular weight is 353 g/mol. The summed E-state index contributed by atoms with van der Waals surface area (Å²) in [6.45, 7) is 7.11. The van der Waals surface area contributed by atoms with E-state index in [1.165, 1.54) is 4.31 Å². The Morgan fingerprint density at radius 1 is 1.47 bits per heavy atom. The first-order valence-electron chi connectivity index (χ1n) is 6.27. The average Bonchev–Trinajstić information content (AvgIpc) is 2.70. The van der Waals surface area contributed by atoms with Crippen molar-refractivity contribution < 1.29 is 12.8 Å². The van der Waals surface area contributed by atoms with Crippen molar-refractivity contribution in [3.63, 3.8) is 0 Å². The summed E-state index contributed by atoms with van der Waals surface area (Å²) in [6.07, 6.45) is 1.02. The van der Waals surface area contributed by atoms with Gasteiger partial charge in [0, 0.05) is 19.2 Å². The zero-order chi connectivity index (χ0) is 14.6. The van der Waals surface area contributed by atoms with E-state index >= 15 is 0 Å². The van der Waals surface area contributed by atoms with Gasteiger partial charge in [0.1, 0.15) is 10.7 Å². The number of hydrogen-bond donors (Lipinski definition) is 1. The maximum atomic E-state index is 12.4. The van der Waals surface area contributed by atoms with Crippen LogP contribution in [-0.4, -0.2) is 32.4 Å². The lowest BCUT2D eigenvalue weighted by atomic mass is 10.4. The van der Waals surface area contributed by atoms with Gasteiger partial charge in [0.15, 0.2) is 4.67 Å². The zero-order valence-electron chi connectivity index (χ0n) is 11.7. The second-order valence-electron chi connectivity index (χ2n) is 4.64. The lowest BCUT2D eigenvalue weighted by Crippen LogP contribution is -2.33. The lowest BCUT2D eigenvalue weighted by molar-refractivity contribution is 0.408. The standard InChI is InChI=1S/C12H21BrN2O3S/c1-5-6-14-8-10-7-11(12(13)18-10)19(16,17)15(4)9(2)3/h7,9,14H,5-6,8H2,1-4H3. The van der Waals surface area contributed by atoms with E-state index in [9.17, 15) is 8.42 Å². The molecule has 0 unspecified atom stereocenters. The molecule has 5 nitrogen and oxygen atoms in total. The molecule has 0 saturated heterocycles. The van der Waals surface area contributed by atoms with Crippen molar-refractivity contribution in [3.05, 3.63) is 16.5 Å². The summed E-state index contributed by atoms with van der Waals surface area (Å²) >= 11 is 3.18. The molecule has 0 spiro atoms. The first kappa shape index (κ1) is 16.7. The highest BCUT2D eigenvalue weighted by Gasteiger charge is 2.28. The Bertz CT molecular complexity index is 511. The van der Waals surface area contributed by atoms with E-state index in [0.29, 0.717) is 12.3 Å². The molecule has 1 aromatic heterocycles. The van der Waals surface area contributed by atoms with Crippen LogP contribution in [0, 0.1) is 0 Å². The quantitative estimate of drug-likeness (QED) is 0.766. The first-order valence-corrected chi connectivity index (χ1v) is 8.51. The Balaban J connectivity index is 2.95. The largest absolute Gasteiger partial charge is 0.452 e. The SMILES string of the molecule is CCCNCc1cc(S(=O)(=O)N(C)C(C)C)c(Br)o1. The van der Waals surface area contributed by atoms with Crippen molar-refractivity contribution in [1.29, 1.82) is 0 Å². The Kier molecular flexibility index (Phi) is 6.04. The van der Waals surface area contributed by atoms with E-state index in [2.05, 4.69) is 28.2 Å². The van der Waals surface area contributed by atoms with Crippen LogP contribution >= 0.6 is 15.9 Å². The van der Waals surface area contributed by atoms with E-state index in [1.54, 1.807) is 13.1 Å². The molecule has 0 aliphatic heterocycles. The monoisotopic (exact) mass is 352 g/mol. The minimum Gasteiger partial charge on any atom is -0.452 e. The third-order valence-electron chi connectivity index (χ3n) is 2.82. The van der Waals surface area contributed by atoms with Gasteiger partial charge < -0.3 is 9.73 Å². The number of furan rings is 1. The number of sulfonamides is 1. The molecule has 0 amide bonds. The van der Waals surface area contributed by atoms with Crippen LogP contribution in [0.2, 0.25) is 0 Å². The number of rotatable bonds is 7. The smallest absolute Gasteiger partial charge is 0.247 e. The topological polar surface area (TPSA) is 62.6 Å². The highest BCUT2D eigenvalue weighted by molar-refractivity contribution is 9.10. The molecule has 1 N–H and O–H groups in total. The van der Waals surface area contributed by atoms with Crippen LogP contribution in [0.4, 0.5) is 0 Å². The maximum absolute atomic E-state index is 12.4. The third-order valence-corrected chi connectivity index (χ3v) is 5.71. The number of nitrogens with zero attached hydrogens (tertiary/aromatic N) is 1. The predicted octanol–water partition coefficient (Wildman–Crippen LogP) is 2.57. The van der Waals surface area contributed by atoms with E-state index in [1.807, 2.05) is 13.8 Å². The summed E-state index contributed by atoms with van der Waals surface area (Å²) in [7, 11) is -1.95. The van der Waals surface area contributed by atoms with Gasteiger partial charge in [0.2, 0.25) is 10.0 Å². The van der Waals surface area contributed by atoms with E-state index in [-0.39, 0.29) is 15.6 Å². The summed E-state index contributed by atoms with van der Waals surface area (Å²) in [5.41, 5.74) is 0. The second kappa shape index (κ2) is 6.88. The van der Waals surface area contributed by atoms with Crippen LogP contribution in [0.1, 0.15) is 33.0 Å². The van der Waals surface area contributed by atoms with E-state index in [0.717, 1.165) is 13.0 Å². The van der Waals surface area contributed by atoms with Crippen LogP contribution < -0.4 is 5.32 Å². The molecule has 0 radical (unpaired) electrons. The van der Waals surface area contributed by atoms with Crippen molar-refractivity contribution in [2.24, 2.45) is 0 Å². The van der Waals surface area contributed by atoms with Crippen molar-refractivity contribution in [1.82, 2.24) is 9.62 Å². The fourth-order valence-electron chi connectivity index (χ4n) is 1.48. The Labute approximate surface area is 123 Å². The summed E-state index contributed by atoms with van der Waals surface area (Å²) in [5, 5.41) is 3.17. The van der Waals surface area contributed by atoms with Gasteiger partial charge in [-0.1, -0.05) is 6.92 Å². The van der Waals surface area contributed by atoms with Gasteiger partial charge in [-0.25, -0.2) is 8.42 Å². The molecule has 0 aliphatic rings. The van der Waals surface area contributed by atoms with Gasteiger partial charge in [-0.2, -0.15) is 4.31 Å². The summed E-state index contributed by atoms with van der Waals surface area (Å²) in [6, 6.07) is 1.47.